The van der Waals surface area contributed by atoms with E-state index in [2.05, 4.69) is 11.6 Å². The number of sulfonamides is 1. The summed E-state index contributed by atoms with van der Waals surface area (Å²) in [5.74, 6) is -1.23. The van der Waals surface area contributed by atoms with Crippen LogP contribution in [0.4, 0.5) is 4.39 Å². The standard InChI is InChI=1S/C18H16FN3O4S2/c1-2-9-22-14-8-7-12(28(20,24)25)10-16(14)27-18(22)21-17(23)11-26-15-6-4-3-5-13(15)19/h2-8,10H,1,9,11H2,(H2,20,24,25). The maximum Gasteiger partial charge on any atom is 0.286 e. The minimum Gasteiger partial charge on any atom is -0.481 e. The first-order valence-electron chi connectivity index (χ1n) is 8.01. The molecule has 0 aliphatic carbocycles. The van der Waals surface area contributed by atoms with Crippen LogP contribution in [-0.2, 0) is 21.4 Å². The van der Waals surface area contributed by atoms with E-state index < -0.39 is 28.4 Å². The molecular weight excluding hydrogens is 405 g/mol. The summed E-state index contributed by atoms with van der Waals surface area (Å²) >= 11 is 1.13. The first kappa shape index (κ1) is 19.9. The van der Waals surface area contributed by atoms with Crippen molar-refractivity contribution in [2.75, 3.05) is 6.61 Å². The van der Waals surface area contributed by atoms with Crippen LogP contribution in [0.3, 0.4) is 0 Å². The minimum absolute atomic E-state index is 0.0345. The third kappa shape index (κ3) is 4.35. The van der Waals surface area contributed by atoms with Gasteiger partial charge in [-0.2, -0.15) is 4.99 Å². The molecule has 0 saturated carbocycles. The Morgan fingerprint density at radius 3 is 2.75 bits per heavy atom. The third-order valence-electron chi connectivity index (χ3n) is 3.70. The highest BCUT2D eigenvalue weighted by Crippen LogP contribution is 2.21. The quantitative estimate of drug-likeness (QED) is 0.616. The number of nitrogens with two attached hydrogens (primary N) is 1. The molecule has 3 rings (SSSR count). The molecule has 1 heterocycles. The van der Waals surface area contributed by atoms with Crippen LogP contribution in [0, 0.1) is 5.82 Å². The van der Waals surface area contributed by atoms with Crippen molar-refractivity contribution in [1.29, 1.82) is 0 Å². The van der Waals surface area contributed by atoms with Gasteiger partial charge in [0.2, 0.25) is 10.0 Å². The van der Waals surface area contributed by atoms with Gasteiger partial charge in [-0.1, -0.05) is 29.5 Å². The number of aromatic nitrogens is 1. The number of fused-ring (bicyclic) bond motifs is 1. The van der Waals surface area contributed by atoms with E-state index in [1.165, 1.54) is 30.3 Å². The summed E-state index contributed by atoms with van der Waals surface area (Å²) in [5, 5.41) is 5.17. The lowest BCUT2D eigenvalue weighted by atomic mass is 10.3. The zero-order valence-electron chi connectivity index (χ0n) is 14.5. The van der Waals surface area contributed by atoms with Gasteiger partial charge in [-0.05, 0) is 30.3 Å². The van der Waals surface area contributed by atoms with Gasteiger partial charge in [0.1, 0.15) is 0 Å². The van der Waals surface area contributed by atoms with Crippen molar-refractivity contribution in [2.24, 2.45) is 10.1 Å². The molecule has 1 amide bonds. The Balaban J connectivity index is 1.96. The third-order valence-corrected chi connectivity index (χ3v) is 5.65. The number of rotatable bonds is 6. The maximum atomic E-state index is 13.6. The summed E-state index contributed by atoms with van der Waals surface area (Å²) in [6, 6.07) is 10.1. The predicted octanol–water partition coefficient (Wildman–Crippen LogP) is 2.18. The topological polar surface area (TPSA) is 104 Å². The fraction of sp³-hybridized carbons (Fsp3) is 0.111. The van der Waals surface area contributed by atoms with Crippen LogP contribution >= 0.6 is 11.3 Å². The number of halogens is 1. The lowest BCUT2D eigenvalue weighted by Gasteiger charge is -2.04. The molecule has 0 fully saturated rings. The minimum atomic E-state index is -3.85. The molecule has 2 N–H and O–H groups in total. The van der Waals surface area contributed by atoms with Gasteiger partial charge < -0.3 is 9.30 Å². The average molecular weight is 421 g/mol. The number of hydrogen-bond acceptors (Lipinski definition) is 5. The number of allylic oxidation sites excluding steroid dienone is 1. The Bertz CT molecular complexity index is 1230. The van der Waals surface area contributed by atoms with E-state index in [4.69, 9.17) is 9.88 Å². The van der Waals surface area contributed by atoms with Crippen molar-refractivity contribution in [2.45, 2.75) is 11.4 Å². The van der Waals surface area contributed by atoms with Crippen LogP contribution in [0.5, 0.6) is 5.75 Å². The smallest absolute Gasteiger partial charge is 0.286 e. The van der Waals surface area contributed by atoms with Gasteiger partial charge in [-0.25, -0.2) is 17.9 Å². The molecule has 146 valence electrons. The van der Waals surface area contributed by atoms with Gasteiger partial charge in [0.25, 0.3) is 5.91 Å². The Hall–Kier alpha value is -2.82. The lowest BCUT2D eigenvalue weighted by molar-refractivity contribution is -0.120. The monoisotopic (exact) mass is 421 g/mol. The first-order valence-corrected chi connectivity index (χ1v) is 10.4. The van der Waals surface area contributed by atoms with Crippen LogP contribution in [0.25, 0.3) is 10.2 Å². The molecule has 7 nitrogen and oxygen atoms in total. The second kappa shape index (κ2) is 8.05. The normalized spacial score (nSPS) is 12.3. The molecule has 0 radical (unpaired) electrons. The summed E-state index contributed by atoms with van der Waals surface area (Å²) in [6.07, 6.45) is 1.62. The van der Waals surface area contributed by atoms with Gasteiger partial charge in [0.05, 0.1) is 15.1 Å². The van der Waals surface area contributed by atoms with Crippen molar-refractivity contribution >= 4 is 37.5 Å². The number of benzene rings is 2. The molecule has 0 aliphatic heterocycles. The summed E-state index contributed by atoms with van der Waals surface area (Å²) in [4.78, 5) is 16.5. The van der Waals surface area contributed by atoms with Gasteiger partial charge in [0.15, 0.2) is 23.0 Å². The largest absolute Gasteiger partial charge is 0.481 e. The van der Waals surface area contributed by atoms with Crippen molar-refractivity contribution < 1.29 is 22.3 Å². The van der Waals surface area contributed by atoms with Crippen LogP contribution < -0.4 is 14.7 Å². The second-order valence-electron chi connectivity index (χ2n) is 5.68. The van der Waals surface area contributed by atoms with E-state index in [1.54, 1.807) is 22.8 Å². The van der Waals surface area contributed by atoms with Crippen LogP contribution in [0.15, 0.2) is 65.0 Å². The van der Waals surface area contributed by atoms with E-state index >= 15 is 0 Å². The summed E-state index contributed by atoms with van der Waals surface area (Å²) in [6.45, 7) is 3.60. The van der Waals surface area contributed by atoms with E-state index in [0.29, 0.717) is 21.6 Å². The molecule has 10 heteroatoms. The number of nitrogens with zero attached hydrogens (tertiary/aromatic N) is 2. The molecule has 0 spiro atoms. The predicted molar refractivity (Wildman–Crippen MR) is 104 cm³/mol. The molecule has 3 aromatic rings. The molecule has 0 aliphatic rings. The molecule has 0 saturated heterocycles. The molecule has 1 aromatic heterocycles. The maximum absolute atomic E-state index is 13.6. The number of ether oxygens (including phenoxy) is 1. The molecule has 0 atom stereocenters. The van der Waals surface area contributed by atoms with Crippen molar-refractivity contribution in [3.63, 3.8) is 0 Å². The number of para-hydroxylation sites is 1. The molecule has 2 aromatic carbocycles. The fourth-order valence-corrected chi connectivity index (χ4v) is 4.17. The van der Waals surface area contributed by atoms with E-state index in [1.807, 2.05) is 0 Å². The summed E-state index contributed by atoms with van der Waals surface area (Å²) in [7, 11) is -3.85. The molecular formula is C18H16FN3O4S2. The summed E-state index contributed by atoms with van der Waals surface area (Å²) < 4.78 is 44.1. The first-order chi connectivity index (χ1) is 13.3. The number of primary sulfonamides is 1. The zero-order chi connectivity index (χ0) is 20.3. The van der Waals surface area contributed by atoms with Gasteiger partial charge in [-0.15, -0.1) is 6.58 Å². The number of thiazole rings is 1. The fourth-order valence-electron chi connectivity index (χ4n) is 2.46. The second-order valence-corrected chi connectivity index (χ2v) is 8.25. The van der Waals surface area contributed by atoms with Crippen molar-refractivity contribution in [1.82, 2.24) is 4.57 Å². The van der Waals surface area contributed by atoms with E-state index in [9.17, 15) is 17.6 Å². The van der Waals surface area contributed by atoms with Crippen LogP contribution in [-0.4, -0.2) is 25.5 Å². The Kier molecular flexibility index (Phi) is 5.73. The lowest BCUT2D eigenvalue weighted by Crippen LogP contribution is -2.19. The Morgan fingerprint density at radius 2 is 2.07 bits per heavy atom. The number of carbonyl (C=O) groups excluding carboxylic acids is 1. The van der Waals surface area contributed by atoms with Gasteiger partial charge in [0, 0.05) is 6.54 Å². The molecule has 0 unspecified atom stereocenters. The highest BCUT2D eigenvalue weighted by Gasteiger charge is 2.13. The highest BCUT2D eigenvalue weighted by atomic mass is 32.2. The van der Waals surface area contributed by atoms with E-state index in [-0.39, 0.29) is 10.6 Å². The molecule has 0 bridgehead atoms. The van der Waals surface area contributed by atoms with Gasteiger partial charge >= 0.3 is 0 Å². The summed E-state index contributed by atoms with van der Waals surface area (Å²) in [5.41, 5.74) is 0.680. The number of carbonyl (C=O) groups is 1. The Labute approximate surface area is 164 Å². The van der Waals surface area contributed by atoms with Crippen LogP contribution in [0.1, 0.15) is 0 Å². The highest BCUT2D eigenvalue weighted by molar-refractivity contribution is 7.89. The van der Waals surface area contributed by atoms with E-state index in [0.717, 1.165) is 11.3 Å². The average Bonchev–Trinajstić information content (AvgIpc) is 2.97. The van der Waals surface area contributed by atoms with Crippen molar-refractivity contribution in [3.05, 3.63) is 65.7 Å². The Morgan fingerprint density at radius 1 is 1.32 bits per heavy atom. The zero-order valence-corrected chi connectivity index (χ0v) is 16.2. The van der Waals surface area contributed by atoms with Crippen LogP contribution in [0.2, 0.25) is 0 Å². The van der Waals surface area contributed by atoms with Crippen molar-refractivity contribution in [3.8, 4) is 5.75 Å². The number of hydrogen-bond donors (Lipinski definition) is 1. The van der Waals surface area contributed by atoms with Gasteiger partial charge in [-0.3, -0.25) is 4.79 Å². The number of amides is 1. The SMILES string of the molecule is C=CCn1c(=NC(=O)COc2ccccc2F)sc2cc(S(N)(=O)=O)ccc21. The molecule has 28 heavy (non-hydrogen) atoms.